The van der Waals surface area contributed by atoms with Gasteiger partial charge in [0.2, 0.25) is 0 Å². The number of ether oxygens (including phenoxy) is 1. The van der Waals surface area contributed by atoms with Crippen molar-refractivity contribution in [3.63, 3.8) is 0 Å². The molecule has 6 heteroatoms. The number of benzene rings is 2. The molecule has 6 nitrogen and oxygen atoms in total. The number of nitrogens with one attached hydrogen (secondary N) is 2. The van der Waals surface area contributed by atoms with Gasteiger partial charge < -0.3 is 20.5 Å². The van der Waals surface area contributed by atoms with E-state index in [9.17, 15) is 5.11 Å². The average molecular weight is 409 g/mol. The smallest absolute Gasteiger partial charge is 0.123 e. The van der Waals surface area contributed by atoms with Crippen LogP contribution in [0.2, 0.25) is 0 Å². The van der Waals surface area contributed by atoms with Crippen LogP contribution in [0, 0.1) is 6.92 Å². The van der Waals surface area contributed by atoms with Crippen LogP contribution in [0.3, 0.4) is 0 Å². The highest BCUT2D eigenvalue weighted by molar-refractivity contribution is 5.82. The molecule has 2 aromatic carbocycles. The fraction of sp³-hybridized carbons (Fsp3) is 0.458. The van der Waals surface area contributed by atoms with Gasteiger partial charge in [-0.3, -0.25) is 4.68 Å². The van der Waals surface area contributed by atoms with Crippen molar-refractivity contribution in [3.05, 3.63) is 59.3 Å². The predicted octanol–water partition coefficient (Wildman–Crippen LogP) is 3.05. The van der Waals surface area contributed by atoms with E-state index in [2.05, 4.69) is 40.0 Å². The molecule has 1 saturated carbocycles. The summed E-state index contributed by atoms with van der Waals surface area (Å²) in [5, 5.41) is 23.5. The normalized spacial score (nSPS) is 21.8. The standard InChI is InChI=1S/C24H32N4O2/c1-16-20-12-17(8-11-22(20)28(2)27-16)14-26-21-10-9-19(13-23(21)29)25-15-18-6-4-5-7-24(18)30-3/h4-8,11-12,19,21,23,25-26,29H,9-10,13-15H2,1-3H3/t19-,21-,23+/m1/s1. The molecule has 1 heterocycles. The summed E-state index contributed by atoms with van der Waals surface area (Å²) in [6.07, 6.45) is 2.41. The zero-order valence-electron chi connectivity index (χ0n) is 18.1. The Morgan fingerprint density at radius 1 is 1.13 bits per heavy atom. The van der Waals surface area contributed by atoms with Gasteiger partial charge in [0, 0.05) is 43.2 Å². The molecule has 0 saturated heterocycles. The monoisotopic (exact) mass is 408 g/mol. The quantitative estimate of drug-likeness (QED) is 0.561. The van der Waals surface area contributed by atoms with Gasteiger partial charge in [0.1, 0.15) is 5.75 Å². The Morgan fingerprint density at radius 3 is 2.77 bits per heavy atom. The lowest BCUT2D eigenvalue weighted by Gasteiger charge is -2.34. The second-order valence-electron chi connectivity index (χ2n) is 8.32. The Labute approximate surface area is 178 Å². The summed E-state index contributed by atoms with van der Waals surface area (Å²) in [5.74, 6) is 0.904. The second kappa shape index (κ2) is 9.16. The number of rotatable bonds is 7. The average Bonchev–Trinajstić information content (AvgIpc) is 3.04. The molecule has 3 N–H and O–H groups in total. The molecule has 1 aliphatic carbocycles. The minimum Gasteiger partial charge on any atom is -0.496 e. The van der Waals surface area contributed by atoms with E-state index >= 15 is 0 Å². The summed E-state index contributed by atoms with van der Waals surface area (Å²) >= 11 is 0. The zero-order chi connectivity index (χ0) is 21.1. The molecule has 3 atom stereocenters. The Hall–Kier alpha value is -2.41. The van der Waals surface area contributed by atoms with Gasteiger partial charge in [-0.1, -0.05) is 24.3 Å². The van der Waals surface area contributed by atoms with E-state index in [0.717, 1.165) is 54.9 Å². The Balaban J connectivity index is 1.29. The molecule has 0 bridgehead atoms. The van der Waals surface area contributed by atoms with Gasteiger partial charge in [-0.15, -0.1) is 0 Å². The fourth-order valence-electron chi connectivity index (χ4n) is 4.52. The highest BCUT2D eigenvalue weighted by Crippen LogP contribution is 2.23. The molecule has 1 fully saturated rings. The number of aliphatic hydroxyl groups is 1. The Morgan fingerprint density at radius 2 is 1.97 bits per heavy atom. The third-order valence-electron chi connectivity index (χ3n) is 6.26. The van der Waals surface area contributed by atoms with Gasteiger partial charge >= 0.3 is 0 Å². The lowest BCUT2D eigenvalue weighted by Crippen LogP contribution is -2.48. The van der Waals surface area contributed by atoms with Crippen molar-refractivity contribution in [1.29, 1.82) is 0 Å². The first-order valence-corrected chi connectivity index (χ1v) is 10.7. The van der Waals surface area contributed by atoms with Crippen LogP contribution in [0.1, 0.15) is 36.1 Å². The minimum absolute atomic E-state index is 0.125. The van der Waals surface area contributed by atoms with Crippen molar-refractivity contribution >= 4 is 10.9 Å². The number of aromatic nitrogens is 2. The third-order valence-corrected chi connectivity index (χ3v) is 6.26. The summed E-state index contributed by atoms with van der Waals surface area (Å²) in [4.78, 5) is 0. The zero-order valence-corrected chi connectivity index (χ0v) is 18.1. The van der Waals surface area contributed by atoms with Gasteiger partial charge in [0.05, 0.1) is 24.4 Å². The van der Waals surface area contributed by atoms with E-state index in [1.165, 1.54) is 10.9 Å². The van der Waals surface area contributed by atoms with Crippen LogP contribution in [-0.4, -0.2) is 40.2 Å². The van der Waals surface area contributed by atoms with E-state index in [1.807, 2.05) is 36.9 Å². The van der Waals surface area contributed by atoms with Crippen LogP contribution < -0.4 is 15.4 Å². The number of methoxy groups -OCH3 is 1. The minimum atomic E-state index is -0.349. The summed E-state index contributed by atoms with van der Waals surface area (Å²) in [7, 11) is 3.68. The lowest BCUT2D eigenvalue weighted by atomic mass is 9.88. The summed E-state index contributed by atoms with van der Waals surface area (Å²) < 4.78 is 7.35. The Bertz CT molecular complexity index is 1000. The van der Waals surface area contributed by atoms with Crippen molar-refractivity contribution < 1.29 is 9.84 Å². The SMILES string of the molecule is COc1ccccc1CN[C@@H]1CC[C@@H](NCc2ccc3c(c2)c(C)nn3C)[C@@H](O)C1. The van der Waals surface area contributed by atoms with E-state index < -0.39 is 0 Å². The van der Waals surface area contributed by atoms with Crippen molar-refractivity contribution in [2.24, 2.45) is 7.05 Å². The lowest BCUT2D eigenvalue weighted by molar-refractivity contribution is 0.0741. The van der Waals surface area contributed by atoms with E-state index in [4.69, 9.17) is 4.74 Å². The van der Waals surface area contributed by atoms with Crippen molar-refractivity contribution in [1.82, 2.24) is 20.4 Å². The molecular weight excluding hydrogens is 376 g/mol. The van der Waals surface area contributed by atoms with E-state index in [-0.39, 0.29) is 12.1 Å². The van der Waals surface area contributed by atoms with E-state index in [0.29, 0.717) is 6.04 Å². The number of nitrogens with zero attached hydrogens (tertiary/aromatic N) is 2. The van der Waals surface area contributed by atoms with Crippen LogP contribution in [0.5, 0.6) is 5.75 Å². The van der Waals surface area contributed by atoms with Crippen LogP contribution in [0.4, 0.5) is 0 Å². The molecule has 3 aromatic rings. The number of para-hydroxylation sites is 1. The van der Waals surface area contributed by atoms with E-state index in [1.54, 1.807) is 7.11 Å². The second-order valence-corrected chi connectivity index (χ2v) is 8.32. The van der Waals surface area contributed by atoms with Gasteiger partial charge in [-0.05, 0) is 49.9 Å². The number of aliphatic hydroxyl groups excluding tert-OH is 1. The molecule has 0 amide bonds. The number of fused-ring (bicyclic) bond motifs is 1. The van der Waals surface area contributed by atoms with Crippen LogP contribution >= 0.6 is 0 Å². The highest BCUT2D eigenvalue weighted by Gasteiger charge is 2.28. The predicted molar refractivity (Wildman–Crippen MR) is 120 cm³/mol. The van der Waals surface area contributed by atoms with Crippen molar-refractivity contribution in [2.75, 3.05) is 7.11 Å². The molecule has 0 unspecified atom stereocenters. The molecule has 0 spiro atoms. The van der Waals surface area contributed by atoms with Crippen LogP contribution in [-0.2, 0) is 20.1 Å². The van der Waals surface area contributed by atoms with Gasteiger partial charge in [-0.25, -0.2) is 0 Å². The summed E-state index contributed by atoms with van der Waals surface area (Å²) in [6, 6.07) is 15.0. The molecule has 4 rings (SSSR count). The number of hydrogen-bond acceptors (Lipinski definition) is 5. The first-order valence-electron chi connectivity index (χ1n) is 10.7. The summed E-state index contributed by atoms with van der Waals surface area (Å²) in [5.41, 5.74) is 4.58. The number of hydrogen-bond donors (Lipinski definition) is 3. The topological polar surface area (TPSA) is 71.3 Å². The molecular formula is C24H32N4O2. The molecule has 0 aliphatic heterocycles. The van der Waals surface area contributed by atoms with Gasteiger partial charge in [0.25, 0.3) is 0 Å². The first-order chi connectivity index (χ1) is 14.5. The largest absolute Gasteiger partial charge is 0.496 e. The maximum atomic E-state index is 10.7. The van der Waals surface area contributed by atoms with Crippen LogP contribution in [0.25, 0.3) is 10.9 Å². The first kappa shape index (κ1) is 20.8. The molecule has 0 radical (unpaired) electrons. The molecule has 30 heavy (non-hydrogen) atoms. The Kier molecular flexibility index (Phi) is 6.37. The molecule has 1 aromatic heterocycles. The van der Waals surface area contributed by atoms with Gasteiger partial charge in [0.15, 0.2) is 0 Å². The van der Waals surface area contributed by atoms with Gasteiger partial charge in [-0.2, -0.15) is 5.10 Å². The summed E-state index contributed by atoms with van der Waals surface area (Å²) in [6.45, 7) is 3.55. The van der Waals surface area contributed by atoms with Crippen LogP contribution in [0.15, 0.2) is 42.5 Å². The number of aryl methyl sites for hydroxylation is 2. The molecule has 160 valence electrons. The van der Waals surface area contributed by atoms with Crippen molar-refractivity contribution in [2.45, 2.75) is 57.5 Å². The maximum absolute atomic E-state index is 10.7. The van der Waals surface area contributed by atoms with Crippen molar-refractivity contribution in [3.8, 4) is 5.75 Å². The third kappa shape index (κ3) is 4.51. The highest BCUT2D eigenvalue weighted by atomic mass is 16.5. The molecule has 1 aliphatic rings. The fourth-order valence-corrected chi connectivity index (χ4v) is 4.52. The maximum Gasteiger partial charge on any atom is 0.123 e.